The van der Waals surface area contributed by atoms with E-state index in [0.29, 0.717) is 48.5 Å². The topological polar surface area (TPSA) is 99.1 Å². The van der Waals surface area contributed by atoms with Crippen LogP contribution in [0.3, 0.4) is 0 Å². The van der Waals surface area contributed by atoms with Crippen molar-refractivity contribution in [1.82, 2.24) is 0 Å². The van der Waals surface area contributed by atoms with Crippen molar-refractivity contribution < 1.29 is 86.4 Å². The summed E-state index contributed by atoms with van der Waals surface area (Å²) in [4.78, 5) is 38.8. The van der Waals surface area contributed by atoms with Gasteiger partial charge in [0.25, 0.3) is 0 Å². The second kappa shape index (κ2) is 14.0. The zero-order valence-corrected chi connectivity index (χ0v) is 28.5. The molecule has 0 aliphatic rings. The molecule has 0 spiro atoms. The second-order valence-corrected chi connectivity index (χ2v) is 13.7. The lowest BCUT2D eigenvalue weighted by Gasteiger charge is -2.39. The molecule has 0 radical (unpaired) electrons. The Labute approximate surface area is 289 Å². The highest BCUT2D eigenvalue weighted by molar-refractivity contribution is 5.88. The van der Waals surface area contributed by atoms with Crippen LogP contribution in [0.1, 0.15) is 72.4 Å². The van der Waals surface area contributed by atoms with Gasteiger partial charge >= 0.3 is 48.2 Å². The van der Waals surface area contributed by atoms with Crippen molar-refractivity contribution in [2.24, 2.45) is 10.8 Å². The molecule has 1 atom stereocenters. The van der Waals surface area contributed by atoms with E-state index in [0.717, 1.165) is 41.5 Å². The summed E-state index contributed by atoms with van der Waals surface area (Å²) in [5.41, 5.74) is -19.4. The van der Waals surface area contributed by atoms with Gasteiger partial charge in [-0.2, -0.15) is 52.7 Å². The smallest absolute Gasteiger partial charge is 0.449 e. The first kappa shape index (κ1) is 44.0. The number of esters is 3. The number of carbonyl (C=O) groups excluding carboxylic acids is 3. The zero-order chi connectivity index (χ0) is 40.7. The summed E-state index contributed by atoms with van der Waals surface area (Å²) < 4.78 is 184. The molecule has 1 unspecified atom stereocenters. The Bertz CT molecular complexity index is 1570. The number of carbonyl (C=O) groups is 3. The minimum atomic E-state index is -6.59. The van der Waals surface area contributed by atoms with Gasteiger partial charge in [-0.1, -0.05) is 31.2 Å². The Balaban J connectivity index is 2.51. The van der Waals surface area contributed by atoms with Crippen LogP contribution in [-0.4, -0.2) is 58.9 Å². The molecule has 292 valence electrons. The van der Waals surface area contributed by atoms with Crippen LogP contribution >= 0.6 is 0 Å². The van der Waals surface area contributed by atoms with E-state index in [1.165, 1.54) is 6.92 Å². The van der Waals surface area contributed by atoms with Gasteiger partial charge < -0.3 is 19.3 Å². The molecule has 0 saturated carbocycles. The molecule has 0 heterocycles. The molecule has 0 saturated heterocycles. The number of benzene rings is 2. The average Bonchev–Trinajstić information content (AvgIpc) is 2.93. The fourth-order valence-corrected chi connectivity index (χ4v) is 5.26. The van der Waals surface area contributed by atoms with Crippen molar-refractivity contribution in [2.75, 3.05) is 0 Å². The fourth-order valence-electron chi connectivity index (χ4n) is 5.26. The average molecular weight is 771 g/mol. The van der Waals surface area contributed by atoms with Gasteiger partial charge in [-0.05, 0) is 89.8 Å². The molecule has 0 aliphatic heterocycles. The second-order valence-electron chi connectivity index (χ2n) is 13.7. The molecule has 0 aromatic heterocycles. The van der Waals surface area contributed by atoms with Crippen molar-refractivity contribution >= 4 is 17.9 Å². The van der Waals surface area contributed by atoms with Crippen molar-refractivity contribution in [2.45, 2.75) is 103 Å². The van der Waals surface area contributed by atoms with Crippen molar-refractivity contribution in [3.63, 3.8) is 0 Å². The lowest BCUT2D eigenvalue weighted by atomic mass is 9.72. The Morgan fingerprint density at radius 3 is 1.33 bits per heavy atom. The number of phenols is 1. The minimum Gasteiger partial charge on any atom is -0.508 e. The molecule has 7 nitrogen and oxygen atoms in total. The van der Waals surface area contributed by atoms with Crippen molar-refractivity contribution in [1.29, 1.82) is 0 Å². The molecule has 2 aromatic carbocycles. The maximum Gasteiger partial charge on any atom is 0.449 e. The first-order chi connectivity index (χ1) is 23.1. The summed E-state index contributed by atoms with van der Waals surface area (Å²) in [6, 6.07) is 3.97. The predicted molar refractivity (Wildman–Crippen MR) is 157 cm³/mol. The van der Waals surface area contributed by atoms with Crippen LogP contribution in [0.15, 0.2) is 48.5 Å². The van der Waals surface area contributed by atoms with E-state index in [1.807, 2.05) is 0 Å². The molecule has 0 fully saturated rings. The highest BCUT2D eigenvalue weighted by Crippen LogP contribution is 2.56. The van der Waals surface area contributed by atoms with Crippen LogP contribution in [-0.2, 0) is 29.3 Å². The molecule has 0 aliphatic carbocycles. The molecule has 1 N–H and O–H groups in total. The van der Waals surface area contributed by atoms with E-state index in [-0.39, 0.29) is 6.42 Å². The number of alkyl halides is 12. The third-order valence-corrected chi connectivity index (χ3v) is 8.04. The number of hydrogen-bond donors (Lipinski definition) is 1. The predicted octanol–water partition coefficient (Wildman–Crippen LogP) is 9.29. The molecule has 2 rings (SSSR count). The summed E-state index contributed by atoms with van der Waals surface area (Å²) in [7, 11) is 0. The summed E-state index contributed by atoms with van der Waals surface area (Å²) in [5.74, 6) is -7.82. The molecular formula is C33H34F12O7. The Morgan fingerprint density at radius 2 is 0.981 bits per heavy atom. The van der Waals surface area contributed by atoms with E-state index >= 15 is 0 Å². The number of ether oxygens (including phenoxy) is 3. The minimum absolute atomic E-state index is 0.331. The van der Waals surface area contributed by atoms with Crippen molar-refractivity contribution in [3.05, 3.63) is 59.7 Å². The highest BCUT2D eigenvalue weighted by Gasteiger charge is 2.81. The maximum atomic E-state index is 14.4. The maximum absolute atomic E-state index is 14.4. The van der Waals surface area contributed by atoms with Gasteiger partial charge in [-0.3, -0.25) is 9.59 Å². The largest absolute Gasteiger partial charge is 0.508 e. The third kappa shape index (κ3) is 8.37. The van der Waals surface area contributed by atoms with Crippen LogP contribution in [0.25, 0.3) is 0 Å². The molecule has 0 amide bonds. The third-order valence-electron chi connectivity index (χ3n) is 8.04. The quantitative estimate of drug-likeness (QED) is 0.146. The lowest BCUT2D eigenvalue weighted by molar-refractivity contribution is -0.362. The van der Waals surface area contributed by atoms with Gasteiger partial charge in [0.1, 0.15) is 17.1 Å². The zero-order valence-electron chi connectivity index (χ0n) is 28.5. The van der Waals surface area contributed by atoms with Crippen LogP contribution in [0, 0.1) is 10.8 Å². The molecule has 2 aromatic rings. The molecular weight excluding hydrogens is 736 g/mol. The first-order valence-electron chi connectivity index (χ1n) is 15.0. The summed E-state index contributed by atoms with van der Waals surface area (Å²) >= 11 is 0. The van der Waals surface area contributed by atoms with E-state index in [2.05, 4.69) is 9.47 Å². The van der Waals surface area contributed by atoms with Crippen LogP contribution in [0.5, 0.6) is 11.5 Å². The normalized spacial score (nSPS) is 15.1. The first-order valence-corrected chi connectivity index (χ1v) is 15.0. The number of aromatic hydroxyl groups is 1. The van der Waals surface area contributed by atoms with E-state index in [9.17, 15) is 72.2 Å². The Hall–Kier alpha value is -4.19. The number of hydrogen-bond acceptors (Lipinski definition) is 7. The number of halogens is 12. The van der Waals surface area contributed by atoms with Gasteiger partial charge in [0.05, 0.1) is 10.8 Å². The molecule has 0 bridgehead atoms. The standard InChI is InChI=1S/C33H34F12O7/c1-8-27(7,17-26(5,6)22(47)52-29(32(40,41)42,33(43,44)45)24(49)51-25(2,3)4)23(48)50-21-15-11-19(12-16-21)28(30(34,35)36,31(37,38)39)18-9-13-20(46)14-10-18/h9-16,46H,8,17H2,1-7H3. The van der Waals surface area contributed by atoms with Crippen LogP contribution in [0.4, 0.5) is 52.7 Å². The lowest BCUT2D eigenvalue weighted by Crippen LogP contribution is -2.67. The van der Waals surface area contributed by atoms with E-state index in [1.54, 1.807) is 0 Å². The van der Waals surface area contributed by atoms with Gasteiger partial charge in [0, 0.05) is 0 Å². The SMILES string of the molecule is CCC(C)(CC(C)(C)C(=O)OC(C(=O)OC(C)(C)C)(C(F)(F)F)C(F)(F)F)C(=O)Oc1ccc(C(c2ccc(O)cc2)(C(F)(F)F)C(F)(F)F)cc1. The molecule has 19 heteroatoms. The summed E-state index contributed by atoms with van der Waals surface area (Å²) in [6.45, 7) is 6.83. The Morgan fingerprint density at radius 1 is 0.577 bits per heavy atom. The highest BCUT2D eigenvalue weighted by atomic mass is 19.4. The van der Waals surface area contributed by atoms with Gasteiger partial charge in [-0.15, -0.1) is 0 Å². The summed E-state index contributed by atoms with van der Waals surface area (Å²) in [6.07, 6.45) is -26.4. The van der Waals surface area contributed by atoms with Crippen molar-refractivity contribution in [3.8, 4) is 11.5 Å². The number of phenolic OH excluding ortho intramolecular Hbond substituents is 1. The van der Waals surface area contributed by atoms with Gasteiger partial charge in [-0.25, -0.2) is 4.79 Å². The van der Waals surface area contributed by atoms with E-state index < -0.39 is 99.1 Å². The Kier molecular flexibility index (Phi) is 11.8. The van der Waals surface area contributed by atoms with Gasteiger partial charge in [0.2, 0.25) is 5.41 Å². The fraction of sp³-hybridized carbons (Fsp3) is 0.545. The number of rotatable bonds is 10. The molecule has 52 heavy (non-hydrogen) atoms. The summed E-state index contributed by atoms with van der Waals surface area (Å²) in [5, 5.41) is 9.43. The van der Waals surface area contributed by atoms with Crippen LogP contribution < -0.4 is 4.74 Å². The van der Waals surface area contributed by atoms with Gasteiger partial charge in [0.15, 0.2) is 0 Å². The van der Waals surface area contributed by atoms with Crippen LogP contribution in [0.2, 0.25) is 0 Å². The monoisotopic (exact) mass is 770 g/mol. The van der Waals surface area contributed by atoms with E-state index in [4.69, 9.17) is 4.74 Å².